The zero-order valence-electron chi connectivity index (χ0n) is 35.4. The Morgan fingerprint density at radius 3 is 2.53 bits per heavy atom. The fourth-order valence-electron chi connectivity index (χ4n) is 9.26. The Balaban J connectivity index is 1.55. The lowest BCUT2D eigenvalue weighted by Crippen LogP contribution is -2.70. The van der Waals surface area contributed by atoms with Crippen molar-refractivity contribution in [1.82, 2.24) is 9.88 Å². The van der Waals surface area contributed by atoms with E-state index in [2.05, 4.69) is 30.3 Å². The minimum Gasteiger partial charge on any atom is -0.487 e. The molecule has 6 atom stereocenters. The lowest BCUT2D eigenvalue weighted by molar-refractivity contribution is -0.255. The van der Waals surface area contributed by atoms with E-state index in [0.717, 1.165) is 59.5 Å². The van der Waals surface area contributed by atoms with Gasteiger partial charge in [-0.25, -0.2) is 4.79 Å². The number of amides is 1. The lowest BCUT2D eigenvalue weighted by atomic mass is 9.55. The quantitative estimate of drug-likeness (QED) is 0.0546. The summed E-state index contributed by atoms with van der Waals surface area (Å²) in [6.45, 7) is 13.4. The van der Waals surface area contributed by atoms with Crippen LogP contribution in [0.5, 0.6) is 11.5 Å². The molecule has 2 aliphatic carbocycles. The summed E-state index contributed by atoms with van der Waals surface area (Å²) in [4.78, 5) is 26.9. The zero-order chi connectivity index (χ0) is 42.3. The van der Waals surface area contributed by atoms with Crippen molar-refractivity contribution < 1.29 is 38.8 Å². The number of aromatic nitrogens is 1. The van der Waals surface area contributed by atoms with Crippen molar-refractivity contribution in [3.8, 4) is 11.5 Å². The molecule has 1 aliphatic heterocycles. The van der Waals surface area contributed by atoms with Crippen LogP contribution < -0.4 is 9.47 Å². The third-order valence-corrected chi connectivity index (χ3v) is 11.8. The molecule has 1 fully saturated rings. The van der Waals surface area contributed by atoms with Gasteiger partial charge in [0.1, 0.15) is 30.8 Å². The number of nitrogens with zero attached hydrogens (tertiary/aromatic N) is 3. The number of aryl methyl sites for hydroxylation is 1. The number of unbranched alkanes of at least 4 members (excludes halogenated alkanes) is 2. The standard InChI is InChI=1S/C49H63N3O8/c1-5-8-29-56-48(55)52(25-6-2)45-32-43(51-59-33-36-18-10-9-11-19-36)41-30-37(20-12-14-26-53)40(22-13-15-27-54)46-42-31-39(57-34-38-21-16-17-35(4)50-38)23-24-44(42)60-49(45,47(41)46)58-28-7-3/h5,7,9-11,16-19,21,23-24,30-31,37,40,45-47,53-54H,1,3,6,8,12-15,20,22,25-29,32-34H2,2,4H3. The van der Waals surface area contributed by atoms with Gasteiger partial charge in [-0.05, 0) is 98.8 Å². The second-order valence-electron chi connectivity index (χ2n) is 16.0. The molecule has 0 bridgehead atoms. The first-order valence-corrected chi connectivity index (χ1v) is 21.7. The van der Waals surface area contributed by atoms with E-state index in [1.54, 1.807) is 17.1 Å². The Labute approximate surface area is 355 Å². The summed E-state index contributed by atoms with van der Waals surface area (Å²) in [5.74, 6) is -0.468. The molecule has 2 heterocycles. The van der Waals surface area contributed by atoms with Crippen LogP contribution in [0.4, 0.5) is 4.79 Å². The van der Waals surface area contributed by atoms with Gasteiger partial charge >= 0.3 is 6.09 Å². The van der Waals surface area contributed by atoms with Gasteiger partial charge in [0, 0.05) is 43.4 Å². The van der Waals surface area contributed by atoms with E-state index in [4.69, 9.17) is 28.9 Å². The van der Waals surface area contributed by atoms with Gasteiger partial charge in [0.2, 0.25) is 5.79 Å². The summed E-state index contributed by atoms with van der Waals surface area (Å²) in [6, 6.07) is 21.1. The summed E-state index contributed by atoms with van der Waals surface area (Å²) < 4.78 is 26.7. The number of carbonyl (C=O) groups excluding carboxylic acids is 1. The Bertz CT molecular complexity index is 1930. The molecule has 11 nitrogen and oxygen atoms in total. The van der Waals surface area contributed by atoms with Crippen molar-refractivity contribution in [3.63, 3.8) is 0 Å². The third kappa shape index (κ3) is 10.5. The van der Waals surface area contributed by atoms with E-state index in [0.29, 0.717) is 50.3 Å². The second kappa shape index (κ2) is 22.0. The first kappa shape index (κ1) is 44.6. The minimum absolute atomic E-state index is 0.0800. The number of rotatable bonds is 23. The van der Waals surface area contributed by atoms with Gasteiger partial charge in [-0.3, -0.25) is 9.88 Å². The molecular formula is C49H63N3O8. The monoisotopic (exact) mass is 821 g/mol. The molecule has 0 spiro atoms. The molecule has 3 aromatic rings. The molecule has 1 amide bonds. The van der Waals surface area contributed by atoms with E-state index in [9.17, 15) is 15.0 Å². The smallest absolute Gasteiger partial charge is 0.410 e. The van der Waals surface area contributed by atoms with E-state index in [1.807, 2.05) is 74.5 Å². The predicted molar refractivity (Wildman–Crippen MR) is 233 cm³/mol. The molecule has 1 aromatic heterocycles. The normalized spacial score (nSPS) is 23.4. The Morgan fingerprint density at radius 2 is 1.80 bits per heavy atom. The van der Waals surface area contributed by atoms with E-state index >= 15 is 0 Å². The highest BCUT2D eigenvalue weighted by atomic mass is 16.7. The summed E-state index contributed by atoms with van der Waals surface area (Å²) in [5.41, 5.74) is 5.43. The summed E-state index contributed by atoms with van der Waals surface area (Å²) in [5, 5.41) is 24.8. The molecule has 0 radical (unpaired) electrons. The van der Waals surface area contributed by atoms with Gasteiger partial charge in [0.15, 0.2) is 0 Å². The van der Waals surface area contributed by atoms with Crippen molar-refractivity contribution in [2.75, 3.05) is 33.0 Å². The number of benzene rings is 2. The number of fused-ring (bicyclic) bond motifs is 2. The Hall–Kier alpha value is -4.97. The van der Waals surface area contributed by atoms with Crippen LogP contribution in [-0.2, 0) is 27.5 Å². The van der Waals surface area contributed by atoms with Gasteiger partial charge in [-0.2, -0.15) is 0 Å². The maximum atomic E-state index is 14.3. The molecule has 6 unspecified atom stereocenters. The van der Waals surface area contributed by atoms with Gasteiger partial charge in [0.25, 0.3) is 0 Å². The molecule has 2 aromatic carbocycles. The SMILES string of the molecule is C=CCCOC(=O)N(CCC)C1CC(=NOCc2ccccc2)C2=CC(CCCCO)C(CCCCO)C3c4cc(OCc5cccc(C)n5)ccc4OC1(OCC=C)C23. The van der Waals surface area contributed by atoms with Crippen molar-refractivity contribution in [3.05, 3.63) is 126 Å². The molecule has 11 heteroatoms. The second-order valence-corrected chi connectivity index (χ2v) is 16.0. The highest BCUT2D eigenvalue weighted by Gasteiger charge is 2.65. The maximum absolute atomic E-state index is 14.3. The number of carbonyl (C=O) groups is 1. The first-order valence-electron chi connectivity index (χ1n) is 21.7. The van der Waals surface area contributed by atoms with Gasteiger partial charge in [-0.1, -0.05) is 79.5 Å². The van der Waals surface area contributed by atoms with Crippen LogP contribution in [0.3, 0.4) is 0 Å². The van der Waals surface area contributed by atoms with E-state index in [1.165, 1.54) is 0 Å². The number of aliphatic hydroxyl groups excluding tert-OH is 2. The topological polar surface area (TPSA) is 132 Å². The van der Waals surface area contributed by atoms with Gasteiger partial charge in [0.05, 0.1) is 30.5 Å². The molecular weight excluding hydrogens is 759 g/mol. The number of hydrogen-bond acceptors (Lipinski definition) is 10. The van der Waals surface area contributed by atoms with Crippen molar-refractivity contribution in [2.24, 2.45) is 22.9 Å². The fourth-order valence-corrected chi connectivity index (χ4v) is 9.26. The minimum atomic E-state index is -1.37. The average molecular weight is 822 g/mol. The molecule has 0 saturated heterocycles. The molecule has 3 aliphatic rings. The fraction of sp³-hybridized carbons (Fsp3) is 0.490. The van der Waals surface area contributed by atoms with Crippen molar-refractivity contribution in [1.29, 1.82) is 0 Å². The van der Waals surface area contributed by atoms with E-state index in [-0.39, 0.29) is 57.2 Å². The summed E-state index contributed by atoms with van der Waals surface area (Å²) in [7, 11) is 0. The zero-order valence-corrected chi connectivity index (χ0v) is 35.4. The highest BCUT2D eigenvalue weighted by Crippen LogP contribution is 2.62. The Morgan fingerprint density at radius 1 is 1.00 bits per heavy atom. The predicted octanol–water partition coefficient (Wildman–Crippen LogP) is 9.23. The first-order chi connectivity index (χ1) is 29.4. The average Bonchev–Trinajstić information content (AvgIpc) is 3.26. The maximum Gasteiger partial charge on any atom is 0.410 e. The molecule has 1 saturated carbocycles. The lowest BCUT2D eigenvalue weighted by Gasteiger charge is -2.59. The summed E-state index contributed by atoms with van der Waals surface area (Å²) in [6.07, 6.45) is 11.5. The number of allylic oxidation sites excluding steroid dienone is 1. The highest BCUT2D eigenvalue weighted by molar-refractivity contribution is 6.03. The van der Waals surface area contributed by atoms with Crippen LogP contribution in [0.1, 0.15) is 93.1 Å². The van der Waals surface area contributed by atoms with Crippen molar-refractivity contribution >= 4 is 11.8 Å². The number of pyridine rings is 1. The molecule has 60 heavy (non-hydrogen) atoms. The van der Waals surface area contributed by atoms with Crippen LogP contribution in [0, 0.1) is 24.7 Å². The number of oxime groups is 1. The van der Waals surface area contributed by atoms with Gasteiger partial charge < -0.3 is 34.0 Å². The number of hydrogen-bond donors (Lipinski definition) is 2. The molecule has 6 rings (SSSR count). The third-order valence-electron chi connectivity index (χ3n) is 11.8. The molecule has 2 N–H and O–H groups in total. The summed E-state index contributed by atoms with van der Waals surface area (Å²) >= 11 is 0. The largest absolute Gasteiger partial charge is 0.487 e. The van der Waals surface area contributed by atoms with Crippen LogP contribution in [-0.4, -0.2) is 76.7 Å². The number of aliphatic hydroxyl groups is 2. The van der Waals surface area contributed by atoms with Crippen LogP contribution in [0.2, 0.25) is 0 Å². The number of ether oxygens (including phenoxy) is 4. The molecule has 322 valence electrons. The van der Waals surface area contributed by atoms with E-state index < -0.39 is 23.8 Å². The van der Waals surface area contributed by atoms with Crippen LogP contribution >= 0.6 is 0 Å². The van der Waals surface area contributed by atoms with Gasteiger partial charge in [-0.15, -0.1) is 13.2 Å². The van der Waals surface area contributed by atoms with Crippen molar-refractivity contribution in [2.45, 2.75) is 103 Å². The van der Waals surface area contributed by atoms with Crippen LogP contribution in [0.15, 0.2) is 109 Å². The van der Waals surface area contributed by atoms with Crippen LogP contribution in [0.25, 0.3) is 0 Å². The Kier molecular flexibility index (Phi) is 16.4.